The molecule has 2 N–H and O–H groups in total. The zero-order valence-electron chi connectivity index (χ0n) is 7.07. The molecule has 0 aromatic rings. The molecule has 0 bridgehead atoms. The van der Waals surface area contributed by atoms with Gasteiger partial charge in [-0.3, -0.25) is 4.79 Å². The van der Waals surface area contributed by atoms with Gasteiger partial charge >= 0.3 is 5.97 Å². The highest BCUT2D eigenvalue weighted by Crippen LogP contribution is 1.91. The predicted molar refractivity (Wildman–Crippen MR) is 44.3 cm³/mol. The van der Waals surface area contributed by atoms with Crippen LogP contribution in [0.4, 0.5) is 0 Å². The van der Waals surface area contributed by atoms with Crippen LogP contribution in [0.5, 0.6) is 0 Å². The van der Waals surface area contributed by atoms with E-state index in [9.17, 15) is 13.2 Å². The lowest BCUT2D eigenvalue weighted by molar-refractivity contribution is -0.138. The molecule has 0 aromatic carbocycles. The number of carbonyl (C=O) groups is 1. The van der Waals surface area contributed by atoms with Crippen LogP contribution in [-0.4, -0.2) is 31.3 Å². The van der Waals surface area contributed by atoms with E-state index in [2.05, 4.69) is 0 Å². The molecule has 0 aliphatic heterocycles. The molecule has 1 atom stereocenters. The van der Waals surface area contributed by atoms with Gasteiger partial charge in [0.1, 0.15) is 6.04 Å². The zero-order valence-corrected chi connectivity index (χ0v) is 7.89. The second-order valence-electron chi connectivity index (χ2n) is 2.50. The van der Waals surface area contributed by atoms with E-state index >= 15 is 0 Å². The van der Waals surface area contributed by atoms with Gasteiger partial charge in [0.25, 0.3) is 0 Å². The maximum absolute atomic E-state index is 11.0. The molecule has 72 valence electrons. The first-order chi connectivity index (χ1) is 5.39. The molecule has 0 amide bonds. The first-order valence-corrected chi connectivity index (χ1v) is 5.27. The van der Waals surface area contributed by atoms with Crippen LogP contribution in [0.2, 0.25) is 0 Å². The molecule has 0 saturated carbocycles. The molecule has 12 heavy (non-hydrogen) atoms. The summed E-state index contributed by atoms with van der Waals surface area (Å²) in [5, 5.41) is 8.39. The van der Waals surface area contributed by atoms with E-state index in [1.165, 1.54) is 6.92 Å². The van der Waals surface area contributed by atoms with Crippen LogP contribution in [0.3, 0.4) is 0 Å². The fourth-order valence-electron chi connectivity index (χ4n) is 0.647. The summed E-state index contributed by atoms with van der Waals surface area (Å²) in [6.45, 7) is 3.00. The Morgan fingerprint density at radius 2 is 2.08 bits per heavy atom. The van der Waals surface area contributed by atoms with Crippen molar-refractivity contribution in [2.45, 2.75) is 26.3 Å². The average Bonchev–Trinajstić information content (AvgIpc) is 1.85. The largest absolute Gasteiger partial charge is 0.480 e. The monoisotopic (exact) mass is 195 g/mol. The Labute approximate surface area is 71.8 Å². The Hall–Kier alpha value is -0.620. The third kappa shape index (κ3) is 4.30. The van der Waals surface area contributed by atoms with Crippen molar-refractivity contribution in [2.24, 2.45) is 0 Å². The normalized spacial score (nSPS) is 14.2. The Kier molecular flexibility index (Phi) is 4.19. The van der Waals surface area contributed by atoms with E-state index < -0.39 is 22.0 Å². The average molecular weight is 195 g/mol. The van der Waals surface area contributed by atoms with Crippen LogP contribution in [0.1, 0.15) is 20.3 Å². The zero-order chi connectivity index (χ0) is 9.78. The molecule has 0 rings (SSSR count). The summed E-state index contributed by atoms with van der Waals surface area (Å²) >= 11 is 0. The number of hydrogen-bond donors (Lipinski definition) is 2. The summed E-state index contributed by atoms with van der Waals surface area (Å²) in [5.41, 5.74) is 0. The van der Waals surface area contributed by atoms with Crippen LogP contribution in [-0.2, 0) is 14.8 Å². The predicted octanol–water partition coefficient (Wildman–Crippen LogP) is -0.211. The van der Waals surface area contributed by atoms with E-state index in [0.717, 1.165) is 0 Å². The van der Waals surface area contributed by atoms with Gasteiger partial charge in [-0.05, 0) is 13.3 Å². The Morgan fingerprint density at radius 1 is 1.58 bits per heavy atom. The van der Waals surface area contributed by atoms with E-state index in [1.807, 2.05) is 4.72 Å². The molecular weight excluding hydrogens is 182 g/mol. The van der Waals surface area contributed by atoms with Crippen LogP contribution in [0.15, 0.2) is 0 Å². The van der Waals surface area contributed by atoms with Crippen molar-refractivity contribution in [1.82, 2.24) is 4.72 Å². The first-order valence-electron chi connectivity index (χ1n) is 3.62. The molecule has 0 radical (unpaired) electrons. The van der Waals surface area contributed by atoms with E-state index in [0.29, 0.717) is 6.42 Å². The number of hydrogen-bond acceptors (Lipinski definition) is 3. The smallest absolute Gasteiger partial charge is 0.321 e. The van der Waals surface area contributed by atoms with Gasteiger partial charge in [-0.1, -0.05) is 6.92 Å². The van der Waals surface area contributed by atoms with Crippen LogP contribution in [0, 0.1) is 0 Å². The third-order valence-electron chi connectivity index (χ3n) is 1.20. The SMILES string of the molecule is CCCS(=O)(=O)N[C@H](C)C(=O)O. The van der Waals surface area contributed by atoms with E-state index in [1.54, 1.807) is 6.92 Å². The maximum Gasteiger partial charge on any atom is 0.321 e. The quantitative estimate of drug-likeness (QED) is 0.635. The van der Waals surface area contributed by atoms with Gasteiger partial charge in [-0.2, -0.15) is 0 Å². The topological polar surface area (TPSA) is 83.5 Å². The van der Waals surface area contributed by atoms with Gasteiger partial charge in [0.15, 0.2) is 0 Å². The number of carboxylic acid groups (broad SMARTS) is 1. The van der Waals surface area contributed by atoms with Crippen molar-refractivity contribution < 1.29 is 18.3 Å². The second-order valence-corrected chi connectivity index (χ2v) is 4.37. The highest BCUT2D eigenvalue weighted by atomic mass is 32.2. The lowest BCUT2D eigenvalue weighted by Crippen LogP contribution is -2.39. The minimum atomic E-state index is -3.41. The number of sulfonamides is 1. The summed E-state index contributed by atoms with van der Waals surface area (Å²) < 4.78 is 24.0. The van der Waals surface area contributed by atoms with Gasteiger partial charge in [-0.25, -0.2) is 13.1 Å². The minimum absolute atomic E-state index is 0.0371. The summed E-state index contributed by atoms with van der Waals surface area (Å²) in [5.74, 6) is -1.21. The standard InChI is InChI=1S/C6H13NO4S/c1-3-4-12(10,11)7-5(2)6(8)9/h5,7H,3-4H2,1-2H3,(H,8,9)/t5-/m1/s1. The molecule has 0 aliphatic carbocycles. The molecule has 0 fully saturated rings. The van der Waals surface area contributed by atoms with Gasteiger partial charge in [-0.15, -0.1) is 0 Å². The van der Waals surface area contributed by atoms with Crippen LogP contribution in [0.25, 0.3) is 0 Å². The maximum atomic E-state index is 11.0. The highest BCUT2D eigenvalue weighted by molar-refractivity contribution is 7.89. The van der Waals surface area contributed by atoms with Gasteiger partial charge in [0.05, 0.1) is 5.75 Å². The van der Waals surface area contributed by atoms with Crippen molar-refractivity contribution in [3.8, 4) is 0 Å². The van der Waals surface area contributed by atoms with E-state index in [-0.39, 0.29) is 5.75 Å². The fraction of sp³-hybridized carbons (Fsp3) is 0.833. The number of rotatable bonds is 5. The molecular formula is C6H13NO4S. The van der Waals surface area contributed by atoms with Crippen molar-refractivity contribution in [1.29, 1.82) is 0 Å². The van der Waals surface area contributed by atoms with Crippen molar-refractivity contribution >= 4 is 16.0 Å². The molecule has 0 spiro atoms. The van der Waals surface area contributed by atoms with Crippen LogP contribution < -0.4 is 4.72 Å². The van der Waals surface area contributed by atoms with Crippen molar-refractivity contribution in [3.63, 3.8) is 0 Å². The minimum Gasteiger partial charge on any atom is -0.480 e. The lowest BCUT2D eigenvalue weighted by atomic mass is 10.4. The Bertz CT molecular complexity index is 246. The first kappa shape index (κ1) is 11.4. The van der Waals surface area contributed by atoms with Crippen molar-refractivity contribution in [2.75, 3.05) is 5.75 Å². The fourth-order valence-corrected chi connectivity index (χ4v) is 1.94. The lowest BCUT2D eigenvalue weighted by Gasteiger charge is -2.08. The molecule has 0 heterocycles. The summed E-state index contributed by atoms with van der Waals surface area (Å²) in [6.07, 6.45) is 0.474. The Balaban J connectivity index is 4.16. The molecule has 0 aromatic heterocycles. The number of nitrogens with one attached hydrogen (secondary N) is 1. The number of aliphatic carboxylic acids is 1. The summed E-state index contributed by atoms with van der Waals surface area (Å²) in [6, 6.07) is -1.05. The molecule has 6 heteroatoms. The van der Waals surface area contributed by atoms with E-state index in [4.69, 9.17) is 5.11 Å². The molecule has 0 aliphatic rings. The highest BCUT2D eigenvalue weighted by Gasteiger charge is 2.17. The van der Waals surface area contributed by atoms with Gasteiger partial charge in [0.2, 0.25) is 10.0 Å². The molecule has 5 nitrogen and oxygen atoms in total. The molecule has 0 unspecified atom stereocenters. The van der Waals surface area contributed by atoms with Gasteiger partial charge < -0.3 is 5.11 Å². The third-order valence-corrected chi connectivity index (χ3v) is 2.86. The number of carboxylic acids is 1. The van der Waals surface area contributed by atoms with Crippen molar-refractivity contribution in [3.05, 3.63) is 0 Å². The summed E-state index contributed by atoms with van der Waals surface area (Å²) in [7, 11) is -3.41. The van der Waals surface area contributed by atoms with Crippen LogP contribution >= 0.6 is 0 Å². The second kappa shape index (κ2) is 4.42. The molecule has 0 saturated heterocycles. The van der Waals surface area contributed by atoms with Gasteiger partial charge in [0, 0.05) is 0 Å². The summed E-state index contributed by atoms with van der Waals surface area (Å²) in [4.78, 5) is 10.3. The Morgan fingerprint density at radius 3 is 2.42 bits per heavy atom.